The van der Waals surface area contributed by atoms with Crippen molar-refractivity contribution < 1.29 is 4.74 Å². The second-order valence-corrected chi connectivity index (χ2v) is 4.20. The third-order valence-electron chi connectivity index (χ3n) is 2.66. The number of hydrogen-bond acceptors (Lipinski definition) is 7. The molecule has 8 heteroatoms. The molecular weight excluding hydrogens is 258 g/mol. The van der Waals surface area contributed by atoms with Crippen LogP contribution in [0.15, 0.2) is 12.4 Å². The molecular formula is C12H19N7O. The molecule has 0 aromatic carbocycles. The molecule has 2 aromatic heterocycles. The molecule has 0 atom stereocenters. The first-order valence-electron chi connectivity index (χ1n) is 6.47. The van der Waals surface area contributed by atoms with Gasteiger partial charge in [-0.25, -0.2) is 4.98 Å². The Morgan fingerprint density at radius 2 is 1.95 bits per heavy atom. The number of methoxy groups -OCH3 is 1. The van der Waals surface area contributed by atoms with Crippen LogP contribution in [0.1, 0.15) is 19.2 Å². The Hall–Kier alpha value is -2.38. The van der Waals surface area contributed by atoms with E-state index in [0.717, 1.165) is 18.8 Å². The van der Waals surface area contributed by atoms with Gasteiger partial charge in [0.15, 0.2) is 0 Å². The molecule has 0 unspecified atom stereocenters. The molecule has 2 heterocycles. The fourth-order valence-corrected chi connectivity index (χ4v) is 1.57. The van der Waals surface area contributed by atoms with Crippen molar-refractivity contribution in [2.45, 2.75) is 19.9 Å². The highest BCUT2D eigenvalue weighted by Gasteiger charge is 2.07. The first kappa shape index (κ1) is 14.0. The first-order chi connectivity index (χ1) is 9.72. The third kappa shape index (κ3) is 3.56. The lowest BCUT2D eigenvalue weighted by Gasteiger charge is -2.09. The molecule has 0 radical (unpaired) electrons. The van der Waals surface area contributed by atoms with Gasteiger partial charge < -0.3 is 19.9 Å². The van der Waals surface area contributed by atoms with E-state index in [-0.39, 0.29) is 6.01 Å². The number of aromatic nitrogens is 5. The minimum atomic E-state index is 0.279. The lowest BCUT2D eigenvalue weighted by atomic mass is 10.5. The van der Waals surface area contributed by atoms with Crippen LogP contribution in [-0.2, 0) is 13.6 Å². The van der Waals surface area contributed by atoms with E-state index in [2.05, 4.69) is 37.5 Å². The Kier molecular flexibility index (Phi) is 4.70. The quantitative estimate of drug-likeness (QED) is 0.781. The Morgan fingerprint density at radius 3 is 2.55 bits per heavy atom. The first-order valence-corrected chi connectivity index (χ1v) is 6.47. The van der Waals surface area contributed by atoms with Crippen LogP contribution in [0.4, 0.5) is 11.9 Å². The van der Waals surface area contributed by atoms with Gasteiger partial charge in [0.1, 0.15) is 5.82 Å². The predicted octanol–water partition coefficient (Wildman–Crippen LogP) is 1.05. The van der Waals surface area contributed by atoms with Crippen molar-refractivity contribution in [2.24, 2.45) is 7.05 Å². The van der Waals surface area contributed by atoms with Crippen molar-refractivity contribution in [1.29, 1.82) is 0 Å². The maximum atomic E-state index is 5.07. The summed E-state index contributed by atoms with van der Waals surface area (Å²) < 4.78 is 7.01. The monoisotopic (exact) mass is 277 g/mol. The maximum absolute atomic E-state index is 5.07. The summed E-state index contributed by atoms with van der Waals surface area (Å²) >= 11 is 0. The molecule has 0 aliphatic rings. The van der Waals surface area contributed by atoms with Crippen LogP contribution < -0.4 is 15.4 Å². The summed E-state index contributed by atoms with van der Waals surface area (Å²) in [6, 6.07) is 0.279. The van der Waals surface area contributed by atoms with E-state index in [1.54, 1.807) is 6.20 Å². The van der Waals surface area contributed by atoms with Gasteiger partial charge in [-0.3, -0.25) is 0 Å². The summed E-state index contributed by atoms with van der Waals surface area (Å²) in [5.41, 5.74) is 0. The number of nitrogens with one attached hydrogen (secondary N) is 2. The van der Waals surface area contributed by atoms with Gasteiger partial charge in [-0.2, -0.15) is 15.0 Å². The van der Waals surface area contributed by atoms with E-state index in [4.69, 9.17) is 4.74 Å². The molecule has 2 aromatic rings. The highest BCUT2D eigenvalue weighted by Crippen LogP contribution is 2.11. The molecule has 0 spiro atoms. The standard InChI is InChI=1S/C12H19N7O/c1-4-5-14-10-16-11(18-12(17-10)20-3)15-8-9-13-6-7-19(9)2/h6-7H,4-5,8H2,1-3H3,(H2,14,15,16,17,18). The smallest absolute Gasteiger partial charge is 0.322 e. The van der Waals surface area contributed by atoms with Gasteiger partial charge in [0.05, 0.1) is 13.7 Å². The molecule has 20 heavy (non-hydrogen) atoms. The van der Waals surface area contributed by atoms with Crippen LogP contribution in [0.5, 0.6) is 6.01 Å². The fourth-order valence-electron chi connectivity index (χ4n) is 1.57. The molecule has 0 bridgehead atoms. The van der Waals surface area contributed by atoms with Gasteiger partial charge >= 0.3 is 6.01 Å². The zero-order valence-electron chi connectivity index (χ0n) is 11.9. The highest BCUT2D eigenvalue weighted by molar-refractivity contribution is 5.35. The van der Waals surface area contributed by atoms with Crippen molar-refractivity contribution in [1.82, 2.24) is 24.5 Å². The molecule has 108 valence electrons. The van der Waals surface area contributed by atoms with E-state index >= 15 is 0 Å². The number of imidazole rings is 1. The van der Waals surface area contributed by atoms with Crippen molar-refractivity contribution in [3.05, 3.63) is 18.2 Å². The van der Waals surface area contributed by atoms with E-state index in [0.29, 0.717) is 18.4 Å². The van der Waals surface area contributed by atoms with E-state index in [1.165, 1.54) is 7.11 Å². The molecule has 2 N–H and O–H groups in total. The molecule has 0 saturated heterocycles. The van der Waals surface area contributed by atoms with Gasteiger partial charge in [0.2, 0.25) is 11.9 Å². The third-order valence-corrected chi connectivity index (χ3v) is 2.66. The lowest BCUT2D eigenvalue weighted by molar-refractivity contribution is 0.379. The Morgan fingerprint density at radius 1 is 1.20 bits per heavy atom. The Labute approximate surface area is 117 Å². The lowest BCUT2D eigenvalue weighted by Crippen LogP contribution is -2.12. The normalized spacial score (nSPS) is 10.3. The van der Waals surface area contributed by atoms with Gasteiger partial charge in [0.25, 0.3) is 0 Å². The molecule has 2 rings (SSSR count). The summed E-state index contributed by atoms with van der Waals surface area (Å²) in [7, 11) is 3.47. The topological polar surface area (TPSA) is 89.8 Å². The fraction of sp³-hybridized carbons (Fsp3) is 0.500. The number of nitrogens with zero attached hydrogens (tertiary/aromatic N) is 5. The summed E-state index contributed by atoms with van der Waals surface area (Å²) in [5, 5.41) is 6.22. The molecule has 0 aliphatic heterocycles. The second-order valence-electron chi connectivity index (χ2n) is 4.20. The zero-order chi connectivity index (χ0) is 14.4. The van der Waals surface area contributed by atoms with Crippen LogP contribution >= 0.6 is 0 Å². The van der Waals surface area contributed by atoms with Crippen molar-refractivity contribution in [3.63, 3.8) is 0 Å². The van der Waals surface area contributed by atoms with Crippen molar-refractivity contribution in [2.75, 3.05) is 24.3 Å². The Balaban J connectivity index is 2.07. The molecule has 0 saturated carbocycles. The summed E-state index contributed by atoms with van der Waals surface area (Å²) in [4.78, 5) is 16.8. The summed E-state index contributed by atoms with van der Waals surface area (Å²) in [6.07, 6.45) is 4.63. The molecule has 8 nitrogen and oxygen atoms in total. The van der Waals surface area contributed by atoms with Crippen molar-refractivity contribution in [3.8, 4) is 6.01 Å². The minimum absolute atomic E-state index is 0.279. The molecule has 0 fully saturated rings. The maximum Gasteiger partial charge on any atom is 0.322 e. The predicted molar refractivity (Wildman–Crippen MR) is 75.7 cm³/mol. The average molecular weight is 277 g/mol. The van der Waals surface area contributed by atoms with Gasteiger partial charge in [0, 0.05) is 26.0 Å². The summed E-state index contributed by atoms with van der Waals surface area (Å²) in [5.74, 6) is 1.85. The number of anilines is 2. The van der Waals surface area contributed by atoms with Crippen LogP contribution in [0.2, 0.25) is 0 Å². The van der Waals surface area contributed by atoms with Gasteiger partial charge in [-0.15, -0.1) is 0 Å². The van der Waals surface area contributed by atoms with Crippen LogP contribution in [0.3, 0.4) is 0 Å². The van der Waals surface area contributed by atoms with Crippen LogP contribution in [0, 0.1) is 0 Å². The highest BCUT2D eigenvalue weighted by atomic mass is 16.5. The number of hydrogen-bond donors (Lipinski definition) is 2. The van der Waals surface area contributed by atoms with Gasteiger partial charge in [-0.05, 0) is 6.42 Å². The largest absolute Gasteiger partial charge is 0.467 e. The van der Waals surface area contributed by atoms with Crippen molar-refractivity contribution >= 4 is 11.9 Å². The SMILES string of the molecule is CCCNc1nc(NCc2nccn2C)nc(OC)n1. The number of ether oxygens (including phenoxy) is 1. The summed E-state index contributed by atoms with van der Waals surface area (Å²) in [6.45, 7) is 3.40. The second kappa shape index (κ2) is 6.69. The molecule has 0 amide bonds. The Bertz CT molecular complexity index is 554. The number of rotatable bonds is 7. The van der Waals surface area contributed by atoms with Crippen LogP contribution in [0.25, 0.3) is 0 Å². The zero-order valence-corrected chi connectivity index (χ0v) is 11.9. The molecule has 0 aliphatic carbocycles. The van der Waals surface area contributed by atoms with Crippen LogP contribution in [-0.4, -0.2) is 38.2 Å². The minimum Gasteiger partial charge on any atom is -0.467 e. The average Bonchev–Trinajstić information content (AvgIpc) is 2.88. The van der Waals surface area contributed by atoms with Gasteiger partial charge in [-0.1, -0.05) is 6.92 Å². The van der Waals surface area contributed by atoms with E-state index in [1.807, 2.05) is 17.8 Å². The number of aryl methyl sites for hydroxylation is 1. The van der Waals surface area contributed by atoms with E-state index in [9.17, 15) is 0 Å². The van der Waals surface area contributed by atoms with E-state index < -0.39 is 0 Å².